The third-order valence-electron chi connectivity index (χ3n) is 3.60. The Bertz CT molecular complexity index is 371. The molecule has 0 aromatic heterocycles. The Labute approximate surface area is 163 Å². The summed E-state index contributed by atoms with van der Waals surface area (Å²) in [6, 6.07) is 0. The summed E-state index contributed by atoms with van der Waals surface area (Å²) < 4.78 is 5.35. The molecule has 0 aromatic rings. The van der Waals surface area contributed by atoms with Crippen LogP contribution in [0, 0.1) is 5.92 Å². The Morgan fingerprint density at radius 1 is 1.25 bits per heavy atom. The summed E-state index contributed by atoms with van der Waals surface area (Å²) in [5.41, 5.74) is 0. The van der Waals surface area contributed by atoms with Crippen molar-refractivity contribution < 1.29 is 9.53 Å². The Kier molecular flexibility index (Phi) is 13.3. The van der Waals surface area contributed by atoms with Crippen LogP contribution in [-0.4, -0.2) is 88.2 Å². The van der Waals surface area contributed by atoms with Gasteiger partial charge in [0, 0.05) is 40.3 Å². The fraction of sp³-hybridized carbons (Fsp3) is 0.875. The summed E-state index contributed by atoms with van der Waals surface area (Å²) in [5.74, 6) is 1.25. The van der Waals surface area contributed by atoms with Crippen LogP contribution < -0.4 is 10.6 Å². The number of carbonyl (C=O) groups excluding carboxylic acids is 1. The molecule has 7 nitrogen and oxygen atoms in total. The van der Waals surface area contributed by atoms with Crippen molar-refractivity contribution in [3.63, 3.8) is 0 Å². The van der Waals surface area contributed by atoms with E-state index in [0.717, 1.165) is 58.3 Å². The van der Waals surface area contributed by atoms with Gasteiger partial charge in [-0.25, -0.2) is 4.99 Å². The second kappa shape index (κ2) is 13.7. The van der Waals surface area contributed by atoms with Crippen LogP contribution in [0.15, 0.2) is 4.99 Å². The molecule has 142 valence electrons. The summed E-state index contributed by atoms with van der Waals surface area (Å²) in [7, 11) is 3.49. The number of ether oxygens (including phenoxy) is 1. The number of halogens is 1. The molecular formula is C16H34IN5O2. The zero-order valence-electron chi connectivity index (χ0n) is 15.5. The average Bonchev–Trinajstić information content (AvgIpc) is 2.53. The van der Waals surface area contributed by atoms with E-state index in [0.29, 0.717) is 5.92 Å². The number of morpholine rings is 1. The number of rotatable bonds is 8. The van der Waals surface area contributed by atoms with Crippen molar-refractivity contribution in [1.82, 2.24) is 20.4 Å². The maximum atomic E-state index is 11.7. The van der Waals surface area contributed by atoms with Crippen molar-refractivity contribution in [1.29, 1.82) is 0 Å². The molecule has 0 bridgehead atoms. The van der Waals surface area contributed by atoms with Crippen molar-refractivity contribution in [2.75, 3.05) is 66.6 Å². The first-order valence-electron chi connectivity index (χ1n) is 8.51. The highest BCUT2D eigenvalue weighted by atomic mass is 127. The average molecular weight is 455 g/mol. The molecule has 1 aliphatic heterocycles. The lowest BCUT2D eigenvalue weighted by molar-refractivity contribution is -0.127. The number of hydrogen-bond acceptors (Lipinski definition) is 4. The minimum Gasteiger partial charge on any atom is -0.379 e. The van der Waals surface area contributed by atoms with Gasteiger partial charge in [0.15, 0.2) is 5.96 Å². The molecule has 0 spiro atoms. The van der Waals surface area contributed by atoms with E-state index in [1.165, 1.54) is 0 Å². The van der Waals surface area contributed by atoms with Gasteiger partial charge in [0.25, 0.3) is 0 Å². The van der Waals surface area contributed by atoms with E-state index in [1.807, 2.05) is 0 Å². The minimum atomic E-state index is 0. The lowest BCUT2D eigenvalue weighted by atomic mass is 10.2. The first-order valence-corrected chi connectivity index (χ1v) is 8.51. The molecule has 0 atom stereocenters. The molecule has 1 heterocycles. The van der Waals surface area contributed by atoms with Crippen molar-refractivity contribution in [2.45, 2.75) is 20.3 Å². The first kappa shape index (κ1) is 23.4. The predicted molar refractivity (Wildman–Crippen MR) is 109 cm³/mol. The summed E-state index contributed by atoms with van der Waals surface area (Å²) >= 11 is 0. The third-order valence-corrected chi connectivity index (χ3v) is 3.60. The molecule has 1 fully saturated rings. The number of amides is 1. The highest BCUT2D eigenvalue weighted by Crippen LogP contribution is 1.97. The molecule has 0 aliphatic carbocycles. The maximum Gasteiger partial charge on any atom is 0.243 e. The summed E-state index contributed by atoms with van der Waals surface area (Å²) in [4.78, 5) is 20.0. The van der Waals surface area contributed by atoms with Crippen molar-refractivity contribution in [3.05, 3.63) is 0 Å². The second-order valence-electron chi connectivity index (χ2n) is 6.46. The molecule has 2 N–H and O–H groups in total. The van der Waals surface area contributed by atoms with Crippen molar-refractivity contribution >= 4 is 35.8 Å². The van der Waals surface area contributed by atoms with Gasteiger partial charge in [-0.1, -0.05) is 13.8 Å². The Balaban J connectivity index is 0.00000529. The van der Waals surface area contributed by atoms with Crippen molar-refractivity contribution in [2.24, 2.45) is 10.9 Å². The van der Waals surface area contributed by atoms with E-state index in [2.05, 4.69) is 34.4 Å². The SMILES string of the molecule is CC(C)CNC(=NCC(=O)N(C)C)NCCCN1CCOCC1.I. The van der Waals surface area contributed by atoms with Crippen LogP contribution >= 0.6 is 24.0 Å². The van der Waals surface area contributed by atoms with Gasteiger partial charge >= 0.3 is 0 Å². The number of nitrogens with zero attached hydrogens (tertiary/aromatic N) is 3. The Morgan fingerprint density at radius 2 is 1.92 bits per heavy atom. The van der Waals surface area contributed by atoms with Gasteiger partial charge < -0.3 is 20.3 Å². The molecule has 1 saturated heterocycles. The molecular weight excluding hydrogens is 421 g/mol. The number of carbonyl (C=O) groups is 1. The van der Waals surface area contributed by atoms with Crippen LogP contribution in [0.2, 0.25) is 0 Å². The summed E-state index contributed by atoms with van der Waals surface area (Å²) in [6.45, 7) is 10.9. The highest BCUT2D eigenvalue weighted by molar-refractivity contribution is 14.0. The molecule has 0 aromatic carbocycles. The monoisotopic (exact) mass is 455 g/mol. The van der Waals surface area contributed by atoms with E-state index >= 15 is 0 Å². The smallest absolute Gasteiger partial charge is 0.243 e. The van der Waals surface area contributed by atoms with Crippen LogP contribution in [0.3, 0.4) is 0 Å². The summed E-state index contributed by atoms with van der Waals surface area (Å²) in [5, 5.41) is 6.61. The van der Waals surface area contributed by atoms with Gasteiger partial charge in [-0.05, 0) is 18.9 Å². The number of aliphatic imine (C=N–C) groups is 1. The molecule has 0 saturated carbocycles. The first-order chi connectivity index (χ1) is 11.0. The topological polar surface area (TPSA) is 69.2 Å². The quantitative estimate of drug-likeness (QED) is 0.243. The lowest BCUT2D eigenvalue weighted by Crippen LogP contribution is -2.42. The van der Waals surface area contributed by atoms with Crippen LogP contribution in [0.4, 0.5) is 0 Å². The normalized spacial score (nSPS) is 15.8. The van der Waals surface area contributed by atoms with E-state index in [4.69, 9.17) is 4.74 Å². The van der Waals surface area contributed by atoms with E-state index in [1.54, 1.807) is 19.0 Å². The number of guanidine groups is 1. The van der Waals surface area contributed by atoms with Crippen LogP contribution in [-0.2, 0) is 9.53 Å². The molecule has 0 radical (unpaired) electrons. The molecule has 1 aliphatic rings. The van der Waals surface area contributed by atoms with Crippen LogP contribution in [0.5, 0.6) is 0 Å². The molecule has 24 heavy (non-hydrogen) atoms. The summed E-state index contributed by atoms with van der Waals surface area (Å²) in [6.07, 6.45) is 1.05. The Morgan fingerprint density at radius 3 is 2.50 bits per heavy atom. The molecule has 1 rings (SSSR count). The fourth-order valence-electron chi connectivity index (χ4n) is 2.10. The number of nitrogens with one attached hydrogen (secondary N) is 2. The van der Waals surface area contributed by atoms with Crippen molar-refractivity contribution in [3.8, 4) is 0 Å². The van der Waals surface area contributed by atoms with E-state index in [9.17, 15) is 4.79 Å². The van der Waals surface area contributed by atoms with Gasteiger partial charge in [-0.15, -0.1) is 24.0 Å². The van der Waals surface area contributed by atoms with Gasteiger partial charge in [-0.3, -0.25) is 9.69 Å². The maximum absolute atomic E-state index is 11.7. The Hall–Kier alpha value is -0.610. The van der Waals surface area contributed by atoms with Gasteiger partial charge in [0.05, 0.1) is 13.2 Å². The standard InChI is InChI=1S/C16H33N5O2.HI/c1-14(2)12-18-16(19-13-15(22)20(3)4)17-6-5-7-21-8-10-23-11-9-21;/h14H,5-13H2,1-4H3,(H2,17,18,19);1H. The third kappa shape index (κ3) is 11.0. The molecule has 0 unspecified atom stereocenters. The van der Waals surface area contributed by atoms with Gasteiger partial charge in [0.1, 0.15) is 6.54 Å². The molecule has 8 heteroatoms. The predicted octanol–water partition coefficient (Wildman–Crippen LogP) is 0.606. The zero-order valence-corrected chi connectivity index (χ0v) is 17.8. The minimum absolute atomic E-state index is 0. The largest absolute Gasteiger partial charge is 0.379 e. The van der Waals surface area contributed by atoms with E-state index < -0.39 is 0 Å². The second-order valence-corrected chi connectivity index (χ2v) is 6.46. The number of likely N-dealkylation sites (N-methyl/N-ethyl adjacent to an activating group) is 1. The molecule has 1 amide bonds. The van der Waals surface area contributed by atoms with Crippen LogP contribution in [0.1, 0.15) is 20.3 Å². The van der Waals surface area contributed by atoms with E-state index in [-0.39, 0.29) is 36.4 Å². The fourth-order valence-corrected chi connectivity index (χ4v) is 2.10. The highest BCUT2D eigenvalue weighted by Gasteiger charge is 2.09. The zero-order chi connectivity index (χ0) is 17.1. The van der Waals surface area contributed by atoms with Gasteiger partial charge in [0.2, 0.25) is 5.91 Å². The lowest BCUT2D eigenvalue weighted by Gasteiger charge is -2.26. The van der Waals surface area contributed by atoms with Crippen LogP contribution in [0.25, 0.3) is 0 Å². The number of hydrogen-bond donors (Lipinski definition) is 2. The van der Waals surface area contributed by atoms with Gasteiger partial charge in [-0.2, -0.15) is 0 Å².